The molecule has 0 bridgehead atoms. The second-order valence-corrected chi connectivity index (χ2v) is 6.52. The van der Waals surface area contributed by atoms with Gasteiger partial charge in [-0.25, -0.2) is 0 Å². The Hall–Kier alpha value is -2.57. The topological polar surface area (TPSA) is 67.4 Å². The lowest BCUT2D eigenvalue weighted by Crippen LogP contribution is -2.27. The first kappa shape index (κ1) is 17.3. The molecule has 0 saturated carbocycles. The fourth-order valence-electron chi connectivity index (χ4n) is 2.37. The highest BCUT2D eigenvalue weighted by atomic mass is 32.2. The number of carbonyl (C=O) groups is 2. The highest BCUT2D eigenvalue weighted by Crippen LogP contribution is 2.39. The molecule has 128 valence electrons. The van der Waals surface area contributed by atoms with Crippen molar-refractivity contribution in [3.8, 4) is 0 Å². The molecule has 2 aromatic carbocycles. The van der Waals surface area contributed by atoms with Gasteiger partial charge in [-0.15, -0.1) is 0 Å². The number of hydrogen-bond acceptors (Lipinski definition) is 4. The standard InChI is InChI=1S/C19H18N2O3S/c1-24-10-9-20-18(22)14-7-8-16-15(12-14)21-19(23)17(25-16)11-13-5-3-2-4-6-13/h2-8,11-12H,9-10H2,1H3,(H,20,22)(H,21,23). The normalized spacial score (nSPS) is 14.8. The molecular weight excluding hydrogens is 336 g/mol. The largest absolute Gasteiger partial charge is 0.383 e. The van der Waals surface area contributed by atoms with Crippen LogP contribution < -0.4 is 10.6 Å². The number of amides is 2. The predicted molar refractivity (Wildman–Crippen MR) is 99.6 cm³/mol. The van der Waals surface area contributed by atoms with Crippen LogP contribution in [0.1, 0.15) is 15.9 Å². The average molecular weight is 354 g/mol. The molecule has 3 rings (SSSR count). The molecule has 2 aromatic rings. The summed E-state index contributed by atoms with van der Waals surface area (Å²) in [6, 6.07) is 15.0. The minimum absolute atomic E-state index is 0.168. The second-order valence-electron chi connectivity index (χ2n) is 5.44. The summed E-state index contributed by atoms with van der Waals surface area (Å²) >= 11 is 1.40. The summed E-state index contributed by atoms with van der Waals surface area (Å²) in [6.45, 7) is 0.897. The summed E-state index contributed by atoms with van der Waals surface area (Å²) in [4.78, 5) is 26.0. The third kappa shape index (κ3) is 4.29. The van der Waals surface area contributed by atoms with Crippen LogP contribution in [0.3, 0.4) is 0 Å². The van der Waals surface area contributed by atoms with Crippen LogP contribution in [0.25, 0.3) is 6.08 Å². The third-order valence-electron chi connectivity index (χ3n) is 3.62. The quantitative estimate of drug-likeness (QED) is 0.639. The molecule has 0 aromatic heterocycles. The summed E-state index contributed by atoms with van der Waals surface area (Å²) in [5.41, 5.74) is 2.13. The zero-order valence-corrected chi connectivity index (χ0v) is 14.6. The van der Waals surface area contributed by atoms with E-state index in [9.17, 15) is 9.59 Å². The van der Waals surface area contributed by atoms with Gasteiger partial charge in [-0.05, 0) is 29.8 Å². The van der Waals surface area contributed by atoms with Gasteiger partial charge in [0.2, 0.25) is 0 Å². The lowest BCUT2D eigenvalue weighted by atomic mass is 10.1. The lowest BCUT2D eigenvalue weighted by Gasteiger charge is -2.19. The minimum Gasteiger partial charge on any atom is -0.383 e. The number of rotatable bonds is 5. The van der Waals surface area contributed by atoms with E-state index in [1.165, 1.54) is 11.8 Å². The lowest BCUT2D eigenvalue weighted by molar-refractivity contribution is -0.112. The van der Waals surface area contributed by atoms with Gasteiger partial charge in [-0.2, -0.15) is 0 Å². The van der Waals surface area contributed by atoms with Crippen LogP contribution in [-0.4, -0.2) is 32.1 Å². The number of fused-ring (bicyclic) bond motifs is 1. The number of methoxy groups -OCH3 is 1. The molecule has 0 atom stereocenters. The van der Waals surface area contributed by atoms with Crippen LogP contribution in [0.5, 0.6) is 0 Å². The number of benzene rings is 2. The molecule has 6 heteroatoms. The molecule has 0 aliphatic carbocycles. The molecule has 2 N–H and O–H groups in total. The van der Waals surface area contributed by atoms with Crippen molar-refractivity contribution in [3.05, 3.63) is 64.6 Å². The average Bonchev–Trinajstić information content (AvgIpc) is 2.63. The Morgan fingerprint density at radius 2 is 2.04 bits per heavy atom. The zero-order valence-electron chi connectivity index (χ0n) is 13.7. The number of carbonyl (C=O) groups excluding carboxylic acids is 2. The fraction of sp³-hybridized carbons (Fsp3) is 0.158. The molecule has 2 amide bonds. The van der Waals surface area contributed by atoms with E-state index in [4.69, 9.17) is 4.74 Å². The Morgan fingerprint density at radius 3 is 2.80 bits per heavy atom. The van der Waals surface area contributed by atoms with E-state index in [1.54, 1.807) is 19.2 Å². The Balaban J connectivity index is 1.77. The summed E-state index contributed by atoms with van der Waals surface area (Å²) in [5, 5.41) is 5.62. The SMILES string of the molecule is COCCNC(=O)c1ccc2c(c1)NC(=O)C(=Cc1ccccc1)S2. The maximum absolute atomic E-state index is 12.3. The van der Waals surface area contributed by atoms with Crippen molar-refractivity contribution < 1.29 is 14.3 Å². The van der Waals surface area contributed by atoms with Crippen LogP contribution in [0, 0.1) is 0 Å². The first-order chi connectivity index (χ1) is 12.2. The Kier molecular flexibility index (Phi) is 5.53. The Morgan fingerprint density at radius 1 is 1.24 bits per heavy atom. The summed E-state index contributed by atoms with van der Waals surface area (Å²) in [7, 11) is 1.58. The summed E-state index contributed by atoms with van der Waals surface area (Å²) in [5.74, 6) is -0.358. The molecule has 1 heterocycles. The monoisotopic (exact) mass is 354 g/mol. The van der Waals surface area contributed by atoms with Gasteiger partial charge in [0.05, 0.1) is 17.2 Å². The minimum atomic E-state index is -0.190. The van der Waals surface area contributed by atoms with Crippen molar-refractivity contribution in [2.24, 2.45) is 0 Å². The number of nitrogens with one attached hydrogen (secondary N) is 2. The van der Waals surface area contributed by atoms with E-state index in [0.717, 1.165) is 10.5 Å². The van der Waals surface area contributed by atoms with E-state index < -0.39 is 0 Å². The molecule has 25 heavy (non-hydrogen) atoms. The van der Waals surface area contributed by atoms with Crippen molar-refractivity contribution >= 4 is 35.3 Å². The molecular formula is C19H18N2O3S. The molecule has 0 fully saturated rings. The van der Waals surface area contributed by atoms with E-state index in [2.05, 4.69) is 10.6 Å². The highest BCUT2D eigenvalue weighted by Gasteiger charge is 2.22. The first-order valence-electron chi connectivity index (χ1n) is 7.84. The van der Waals surface area contributed by atoms with Crippen molar-refractivity contribution in [3.63, 3.8) is 0 Å². The van der Waals surface area contributed by atoms with Gasteiger partial charge >= 0.3 is 0 Å². The van der Waals surface area contributed by atoms with E-state index in [1.807, 2.05) is 42.5 Å². The number of ether oxygens (including phenoxy) is 1. The van der Waals surface area contributed by atoms with Crippen LogP contribution in [0.2, 0.25) is 0 Å². The van der Waals surface area contributed by atoms with E-state index in [0.29, 0.717) is 29.3 Å². The van der Waals surface area contributed by atoms with Gasteiger partial charge in [0, 0.05) is 24.1 Å². The molecule has 1 aliphatic rings. The van der Waals surface area contributed by atoms with Crippen LogP contribution in [-0.2, 0) is 9.53 Å². The highest BCUT2D eigenvalue weighted by molar-refractivity contribution is 8.04. The number of hydrogen-bond donors (Lipinski definition) is 2. The zero-order chi connectivity index (χ0) is 17.6. The van der Waals surface area contributed by atoms with E-state index >= 15 is 0 Å². The van der Waals surface area contributed by atoms with Gasteiger partial charge in [0.15, 0.2) is 0 Å². The van der Waals surface area contributed by atoms with Crippen LogP contribution in [0.15, 0.2) is 58.3 Å². The third-order valence-corrected chi connectivity index (χ3v) is 4.72. The molecule has 0 saturated heterocycles. The maximum atomic E-state index is 12.3. The van der Waals surface area contributed by atoms with Gasteiger partial charge < -0.3 is 15.4 Å². The Bertz CT molecular complexity index is 819. The van der Waals surface area contributed by atoms with Crippen LogP contribution >= 0.6 is 11.8 Å². The van der Waals surface area contributed by atoms with Crippen molar-refractivity contribution in [1.29, 1.82) is 0 Å². The summed E-state index contributed by atoms with van der Waals surface area (Å²) in [6.07, 6.45) is 1.86. The van der Waals surface area contributed by atoms with Crippen LogP contribution in [0.4, 0.5) is 5.69 Å². The number of anilines is 1. The first-order valence-corrected chi connectivity index (χ1v) is 8.66. The maximum Gasteiger partial charge on any atom is 0.262 e. The summed E-state index contributed by atoms with van der Waals surface area (Å²) < 4.78 is 4.91. The smallest absolute Gasteiger partial charge is 0.262 e. The Labute approximate surface area is 150 Å². The van der Waals surface area contributed by atoms with Gasteiger partial charge in [0.25, 0.3) is 11.8 Å². The van der Waals surface area contributed by atoms with E-state index in [-0.39, 0.29) is 11.8 Å². The predicted octanol–water partition coefficient (Wildman–Crippen LogP) is 3.15. The second kappa shape index (κ2) is 8.00. The van der Waals surface area contributed by atoms with Gasteiger partial charge in [-0.1, -0.05) is 42.1 Å². The molecule has 1 aliphatic heterocycles. The molecule has 0 spiro atoms. The molecule has 5 nitrogen and oxygen atoms in total. The van der Waals surface area contributed by atoms with Crippen molar-refractivity contribution in [1.82, 2.24) is 5.32 Å². The van der Waals surface area contributed by atoms with Gasteiger partial charge in [0.1, 0.15) is 0 Å². The van der Waals surface area contributed by atoms with Crippen molar-refractivity contribution in [2.75, 3.05) is 25.6 Å². The number of thioether (sulfide) groups is 1. The fourth-order valence-corrected chi connectivity index (χ4v) is 3.30. The molecule has 0 radical (unpaired) electrons. The molecule has 0 unspecified atom stereocenters. The van der Waals surface area contributed by atoms with Gasteiger partial charge in [-0.3, -0.25) is 9.59 Å². The van der Waals surface area contributed by atoms with Crippen molar-refractivity contribution in [2.45, 2.75) is 4.90 Å².